The van der Waals surface area contributed by atoms with E-state index in [1.807, 2.05) is 28.4 Å². The van der Waals surface area contributed by atoms with Crippen LogP contribution in [0, 0.1) is 0 Å². The number of ether oxygens (including phenoxy) is 2. The molecule has 0 spiro atoms. The van der Waals surface area contributed by atoms with E-state index in [1.165, 1.54) is 57.6 Å². The van der Waals surface area contributed by atoms with Crippen molar-refractivity contribution in [2.75, 3.05) is 32.8 Å². The summed E-state index contributed by atoms with van der Waals surface area (Å²) in [5, 5.41) is 30.9. The molecular weight excluding hydrogens is 666 g/mol. The van der Waals surface area contributed by atoms with Gasteiger partial charge in [-0.1, -0.05) is 30.3 Å². The van der Waals surface area contributed by atoms with Crippen LogP contribution in [0.2, 0.25) is 0 Å². The Labute approximate surface area is 291 Å². The van der Waals surface area contributed by atoms with Crippen molar-refractivity contribution < 1.29 is 49.1 Å². The molecule has 1 saturated heterocycles. The molecule has 1 aliphatic heterocycles. The van der Waals surface area contributed by atoms with E-state index in [2.05, 4.69) is 82.7 Å². The summed E-state index contributed by atoms with van der Waals surface area (Å²) >= 11 is 1.86. The third-order valence-electron chi connectivity index (χ3n) is 7.54. The summed E-state index contributed by atoms with van der Waals surface area (Å²) in [6, 6.07) is 25.9. The maximum atomic E-state index is 9.10. The van der Waals surface area contributed by atoms with E-state index in [4.69, 9.17) is 49.1 Å². The predicted molar refractivity (Wildman–Crippen MR) is 186 cm³/mol. The molecule has 5 aromatic rings. The fourth-order valence-electron chi connectivity index (χ4n) is 5.10. The Hall–Kier alpha value is -5.73. The van der Waals surface area contributed by atoms with Crippen LogP contribution < -0.4 is 9.47 Å². The zero-order valence-electron chi connectivity index (χ0n) is 27.0. The third kappa shape index (κ3) is 11.5. The first-order chi connectivity index (χ1) is 24.1. The van der Waals surface area contributed by atoms with Gasteiger partial charge in [0.1, 0.15) is 24.7 Å². The average molecular weight is 704 g/mol. The Morgan fingerprint density at radius 2 is 1.28 bits per heavy atom. The Morgan fingerprint density at radius 1 is 0.720 bits per heavy atom. The number of hydrogen-bond acceptors (Lipinski definition) is 9. The molecule has 0 aliphatic carbocycles. The van der Waals surface area contributed by atoms with Crippen molar-refractivity contribution in [3.8, 4) is 21.9 Å². The van der Waals surface area contributed by atoms with E-state index in [0.29, 0.717) is 6.61 Å². The SMILES string of the molecule is O=C(O)C(=O)O.O=C(O)C(=O)O.c1ccc2c(Cc3ccc(OCCN4CCCC4)cc3)c(-c3ccc(OCCn4ccnc4)cc3)sc2c1. The van der Waals surface area contributed by atoms with Gasteiger partial charge in [-0.3, -0.25) is 4.90 Å². The van der Waals surface area contributed by atoms with Crippen molar-refractivity contribution in [1.29, 1.82) is 0 Å². The highest BCUT2D eigenvalue weighted by molar-refractivity contribution is 7.22. The second-order valence-electron chi connectivity index (χ2n) is 11.0. The molecule has 0 radical (unpaired) electrons. The van der Waals surface area contributed by atoms with E-state index in [1.54, 1.807) is 6.20 Å². The number of fused-ring (bicyclic) bond motifs is 1. The van der Waals surface area contributed by atoms with Crippen LogP contribution in [0.25, 0.3) is 20.5 Å². The molecule has 1 fully saturated rings. The van der Waals surface area contributed by atoms with Gasteiger partial charge in [0, 0.05) is 28.5 Å². The molecule has 3 aromatic carbocycles. The minimum absolute atomic E-state index is 0.613. The number of benzene rings is 3. The molecule has 262 valence electrons. The molecule has 0 atom stereocenters. The number of carbonyl (C=O) groups is 4. The lowest BCUT2D eigenvalue weighted by Crippen LogP contribution is -2.25. The molecule has 6 rings (SSSR count). The number of carboxylic acids is 4. The maximum absolute atomic E-state index is 9.10. The summed E-state index contributed by atoms with van der Waals surface area (Å²) < 4.78 is 15.3. The number of carboxylic acid groups (broad SMARTS) is 4. The van der Waals surface area contributed by atoms with Gasteiger partial charge in [0.2, 0.25) is 0 Å². The van der Waals surface area contributed by atoms with E-state index in [9.17, 15) is 0 Å². The number of imidazole rings is 1. The lowest BCUT2D eigenvalue weighted by Gasteiger charge is -2.15. The molecule has 0 amide bonds. The van der Waals surface area contributed by atoms with Gasteiger partial charge in [0.05, 0.1) is 12.9 Å². The van der Waals surface area contributed by atoms with E-state index in [0.717, 1.165) is 37.6 Å². The Morgan fingerprint density at radius 3 is 1.84 bits per heavy atom. The van der Waals surface area contributed by atoms with Gasteiger partial charge in [-0.25, -0.2) is 24.2 Å². The molecule has 0 saturated carbocycles. The zero-order valence-corrected chi connectivity index (χ0v) is 27.8. The number of likely N-dealkylation sites (tertiary alicyclic amines) is 1. The highest BCUT2D eigenvalue weighted by Crippen LogP contribution is 2.40. The van der Waals surface area contributed by atoms with Crippen LogP contribution in [0.3, 0.4) is 0 Å². The van der Waals surface area contributed by atoms with Crippen LogP contribution in [0.4, 0.5) is 0 Å². The van der Waals surface area contributed by atoms with E-state index >= 15 is 0 Å². The van der Waals surface area contributed by atoms with Crippen molar-refractivity contribution in [2.24, 2.45) is 0 Å². The van der Waals surface area contributed by atoms with Crippen molar-refractivity contribution in [3.05, 3.63) is 103 Å². The second-order valence-corrected chi connectivity index (χ2v) is 12.1. The standard InChI is InChI=1S/C32H33N3O2S.2C2H2O4/c1-2-6-31-29(5-1)30(23-25-7-11-27(12-8-25)36-21-19-34-16-3-4-17-34)32(38-31)26-9-13-28(14-10-26)37-22-20-35-18-15-33-24-35;2*3-1(4)2(5)6/h1-2,5-15,18,24H,3-4,16-17,19-23H2;2*(H,3,4)(H,5,6). The molecule has 0 bridgehead atoms. The van der Waals surface area contributed by atoms with Crippen molar-refractivity contribution in [3.63, 3.8) is 0 Å². The quantitative estimate of drug-likeness (QED) is 0.132. The molecule has 4 N–H and O–H groups in total. The normalized spacial score (nSPS) is 12.2. The monoisotopic (exact) mass is 703 g/mol. The number of aliphatic carboxylic acids is 4. The highest BCUT2D eigenvalue weighted by atomic mass is 32.1. The van der Waals surface area contributed by atoms with Crippen LogP contribution in [0.5, 0.6) is 11.5 Å². The van der Waals surface area contributed by atoms with Crippen molar-refractivity contribution in [2.45, 2.75) is 25.8 Å². The van der Waals surface area contributed by atoms with Crippen molar-refractivity contribution >= 4 is 45.3 Å². The Kier molecular flexibility index (Phi) is 13.9. The van der Waals surface area contributed by atoms with Crippen LogP contribution in [-0.2, 0) is 32.1 Å². The minimum atomic E-state index is -1.82. The largest absolute Gasteiger partial charge is 0.492 e. The summed E-state index contributed by atoms with van der Waals surface area (Å²) in [4.78, 5) is 44.3. The molecule has 2 aromatic heterocycles. The first-order valence-corrected chi connectivity index (χ1v) is 16.5. The van der Waals surface area contributed by atoms with E-state index < -0.39 is 23.9 Å². The van der Waals surface area contributed by atoms with Crippen LogP contribution in [0.1, 0.15) is 24.0 Å². The molecule has 13 nitrogen and oxygen atoms in total. The number of thiophene rings is 1. The number of nitrogens with zero attached hydrogens (tertiary/aromatic N) is 3. The van der Waals surface area contributed by atoms with Gasteiger partial charge in [-0.15, -0.1) is 11.3 Å². The van der Waals surface area contributed by atoms with Gasteiger partial charge in [-0.2, -0.15) is 0 Å². The molecule has 14 heteroatoms. The minimum Gasteiger partial charge on any atom is -0.492 e. The lowest BCUT2D eigenvalue weighted by molar-refractivity contribution is -0.159. The Balaban J connectivity index is 0.000000404. The molecule has 50 heavy (non-hydrogen) atoms. The first kappa shape index (κ1) is 37.1. The van der Waals surface area contributed by atoms with Crippen LogP contribution in [-0.4, -0.2) is 91.6 Å². The number of rotatable bonds is 11. The maximum Gasteiger partial charge on any atom is 0.414 e. The van der Waals surface area contributed by atoms with Gasteiger partial charge < -0.3 is 34.5 Å². The Bertz CT molecular complexity index is 1800. The van der Waals surface area contributed by atoms with E-state index in [-0.39, 0.29) is 0 Å². The lowest BCUT2D eigenvalue weighted by atomic mass is 9.99. The predicted octanol–water partition coefficient (Wildman–Crippen LogP) is 5.22. The fourth-order valence-corrected chi connectivity index (χ4v) is 6.33. The third-order valence-corrected chi connectivity index (χ3v) is 8.80. The number of hydrogen-bond donors (Lipinski definition) is 4. The highest BCUT2D eigenvalue weighted by Gasteiger charge is 2.15. The summed E-state index contributed by atoms with van der Waals surface area (Å²) in [5.41, 5.74) is 3.90. The summed E-state index contributed by atoms with van der Waals surface area (Å²) in [6.45, 7) is 5.58. The van der Waals surface area contributed by atoms with Gasteiger partial charge >= 0.3 is 23.9 Å². The topological polar surface area (TPSA) is 189 Å². The van der Waals surface area contributed by atoms with Crippen LogP contribution in [0.15, 0.2) is 91.5 Å². The summed E-state index contributed by atoms with van der Waals surface area (Å²) in [6.07, 6.45) is 9.07. The molecule has 3 heterocycles. The fraction of sp³-hybridized carbons (Fsp3) is 0.250. The summed E-state index contributed by atoms with van der Waals surface area (Å²) in [7, 11) is 0. The molecule has 1 aliphatic rings. The average Bonchev–Trinajstić information content (AvgIpc) is 3.89. The van der Waals surface area contributed by atoms with Gasteiger partial charge in [0.15, 0.2) is 0 Å². The smallest absolute Gasteiger partial charge is 0.414 e. The molecular formula is C36H37N3O10S. The number of aromatic nitrogens is 2. The summed E-state index contributed by atoms with van der Waals surface area (Å²) in [5.74, 6) is -5.46. The molecule has 0 unspecified atom stereocenters. The zero-order chi connectivity index (χ0) is 35.9. The first-order valence-electron chi connectivity index (χ1n) is 15.7. The second kappa shape index (κ2) is 18.7. The van der Waals surface area contributed by atoms with Gasteiger partial charge in [0.25, 0.3) is 0 Å². The van der Waals surface area contributed by atoms with Gasteiger partial charge in [-0.05, 0) is 96.9 Å². The van der Waals surface area contributed by atoms with Crippen LogP contribution >= 0.6 is 11.3 Å². The van der Waals surface area contributed by atoms with Crippen molar-refractivity contribution in [1.82, 2.24) is 14.5 Å².